The molecule has 1 aromatic heterocycles. The van der Waals surface area contributed by atoms with E-state index in [2.05, 4.69) is 28.8 Å². The highest BCUT2D eigenvalue weighted by Crippen LogP contribution is 2.33. The summed E-state index contributed by atoms with van der Waals surface area (Å²) in [6, 6.07) is 24.4. The molecule has 0 saturated heterocycles. The average molecular weight is 286 g/mol. The second-order valence-electron chi connectivity index (χ2n) is 5.09. The second kappa shape index (κ2) is 5.24. The normalized spacial score (nSPS) is 11.0. The number of nitrogens with zero attached hydrogens (tertiary/aromatic N) is 1. The molecule has 0 aliphatic carbocycles. The van der Waals surface area contributed by atoms with E-state index >= 15 is 0 Å². The highest BCUT2D eigenvalue weighted by atomic mass is 16.5. The van der Waals surface area contributed by atoms with Crippen LogP contribution in [0.1, 0.15) is 0 Å². The van der Waals surface area contributed by atoms with Crippen LogP contribution in [0.5, 0.6) is 5.75 Å². The molecule has 0 amide bonds. The molecule has 3 aromatic carbocycles. The predicted octanol–water partition coefficient (Wildman–Crippen LogP) is 3.69. The standard InChI is InChI=1S/C18H13BNO2/c21-19-22-14-10-11-16-15-8-4-5-9-17(15)20(18(16)12-14)13-6-2-1-3-7-13/h1-12,21H. The van der Waals surface area contributed by atoms with Crippen LogP contribution in [0.25, 0.3) is 27.5 Å². The molecule has 4 rings (SSSR count). The van der Waals surface area contributed by atoms with Gasteiger partial charge in [0.25, 0.3) is 0 Å². The van der Waals surface area contributed by atoms with E-state index < -0.39 is 0 Å². The average Bonchev–Trinajstić information content (AvgIpc) is 2.90. The number of fused-ring (bicyclic) bond motifs is 3. The van der Waals surface area contributed by atoms with Crippen LogP contribution in [0, 0.1) is 0 Å². The first kappa shape index (κ1) is 13.0. The summed E-state index contributed by atoms with van der Waals surface area (Å²) >= 11 is 0. The Balaban J connectivity index is 2.11. The minimum atomic E-state index is 0.606. The lowest BCUT2D eigenvalue weighted by Gasteiger charge is -2.08. The molecule has 22 heavy (non-hydrogen) atoms. The highest BCUT2D eigenvalue weighted by Gasteiger charge is 2.12. The van der Waals surface area contributed by atoms with Gasteiger partial charge in [-0.05, 0) is 30.3 Å². The quantitative estimate of drug-likeness (QED) is 0.583. The third-order valence-corrected chi connectivity index (χ3v) is 3.85. The number of benzene rings is 3. The second-order valence-corrected chi connectivity index (χ2v) is 5.09. The van der Waals surface area contributed by atoms with Crippen LogP contribution < -0.4 is 4.65 Å². The number of para-hydroxylation sites is 2. The lowest BCUT2D eigenvalue weighted by atomic mass is 10.1. The summed E-state index contributed by atoms with van der Waals surface area (Å²) < 4.78 is 7.32. The van der Waals surface area contributed by atoms with E-state index in [-0.39, 0.29) is 0 Å². The highest BCUT2D eigenvalue weighted by molar-refractivity contribution is 6.17. The molecule has 0 fully saturated rings. The SMILES string of the molecule is O[B]Oc1ccc2c3ccccc3n(-c3ccccc3)c2c1. The Bertz CT molecular complexity index is 947. The van der Waals surface area contributed by atoms with E-state index in [1.54, 1.807) is 0 Å². The van der Waals surface area contributed by atoms with Gasteiger partial charge in [0.05, 0.1) is 11.0 Å². The maximum absolute atomic E-state index is 8.86. The number of hydrogen-bond acceptors (Lipinski definition) is 2. The Kier molecular flexibility index (Phi) is 3.09. The van der Waals surface area contributed by atoms with Crippen molar-refractivity contribution >= 4 is 29.5 Å². The summed E-state index contributed by atoms with van der Waals surface area (Å²) in [5.41, 5.74) is 3.29. The van der Waals surface area contributed by atoms with Crippen molar-refractivity contribution < 1.29 is 9.68 Å². The lowest BCUT2D eigenvalue weighted by Crippen LogP contribution is -2.00. The van der Waals surface area contributed by atoms with E-state index in [1.165, 1.54) is 5.39 Å². The molecular formula is C18H13BNO2. The summed E-state index contributed by atoms with van der Waals surface area (Å²) in [6.45, 7) is 0. The van der Waals surface area contributed by atoms with Gasteiger partial charge in [-0.2, -0.15) is 0 Å². The van der Waals surface area contributed by atoms with Crippen LogP contribution in [-0.2, 0) is 0 Å². The zero-order valence-corrected chi connectivity index (χ0v) is 11.8. The van der Waals surface area contributed by atoms with Crippen molar-refractivity contribution in [3.63, 3.8) is 0 Å². The molecule has 0 aliphatic heterocycles. The van der Waals surface area contributed by atoms with Gasteiger partial charge >= 0.3 is 7.69 Å². The zero-order chi connectivity index (χ0) is 14.9. The molecule has 3 nitrogen and oxygen atoms in total. The zero-order valence-electron chi connectivity index (χ0n) is 11.8. The first-order valence-corrected chi connectivity index (χ1v) is 7.09. The summed E-state index contributed by atoms with van der Waals surface area (Å²) in [5, 5.41) is 11.2. The lowest BCUT2D eigenvalue weighted by molar-refractivity contribution is 0.454. The van der Waals surface area contributed by atoms with Crippen molar-refractivity contribution in [1.29, 1.82) is 0 Å². The summed E-state index contributed by atoms with van der Waals surface area (Å²) in [7, 11) is 0.705. The van der Waals surface area contributed by atoms with Gasteiger partial charge in [0.1, 0.15) is 5.75 Å². The minimum Gasteiger partial charge on any atom is -0.537 e. The molecule has 0 bridgehead atoms. The minimum absolute atomic E-state index is 0.606. The monoisotopic (exact) mass is 286 g/mol. The van der Waals surface area contributed by atoms with Crippen molar-refractivity contribution in [3.05, 3.63) is 72.8 Å². The first-order valence-electron chi connectivity index (χ1n) is 7.09. The van der Waals surface area contributed by atoms with Gasteiger partial charge in [0.15, 0.2) is 0 Å². The molecule has 105 valence electrons. The van der Waals surface area contributed by atoms with Gasteiger partial charge in [-0.3, -0.25) is 0 Å². The molecular weight excluding hydrogens is 273 g/mol. The van der Waals surface area contributed by atoms with Crippen LogP contribution in [-0.4, -0.2) is 17.3 Å². The molecule has 4 aromatic rings. The smallest absolute Gasteiger partial charge is 0.537 e. The van der Waals surface area contributed by atoms with Gasteiger partial charge in [-0.1, -0.05) is 36.4 Å². The predicted molar refractivity (Wildman–Crippen MR) is 89.4 cm³/mol. The van der Waals surface area contributed by atoms with E-state index in [4.69, 9.17) is 9.68 Å². The third kappa shape index (κ3) is 1.97. The van der Waals surface area contributed by atoms with Crippen LogP contribution in [0.15, 0.2) is 72.8 Å². The number of rotatable bonds is 3. The molecule has 4 heteroatoms. The Morgan fingerprint density at radius 1 is 0.773 bits per heavy atom. The van der Waals surface area contributed by atoms with Crippen LogP contribution >= 0.6 is 0 Å². The van der Waals surface area contributed by atoms with Gasteiger partial charge in [0.2, 0.25) is 0 Å². The van der Waals surface area contributed by atoms with Crippen LogP contribution in [0.3, 0.4) is 0 Å². The van der Waals surface area contributed by atoms with E-state index in [0.717, 1.165) is 22.1 Å². The fraction of sp³-hybridized carbons (Fsp3) is 0. The van der Waals surface area contributed by atoms with Crippen molar-refractivity contribution in [2.75, 3.05) is 0 Å². The van der Waals surface area contributed by atoms with Gasteiger partial charge < -0.3 is 14.2 Å². The van der Waals surface area contributed by atoms with Crippen molar-refractivity contribution in [1.82, 2.24) is 4.57 Å². The summed E-state index contributed by atoms with van der Waals surface area (Å²) in [4.78, 5) is 0. The maximum Gasteiger partial charge on any atom is 0.569 e. The summed E-state index contributed by atoms with van der Waals surface area (Å²) in [6.07, 6.45) is 0. The number of aromatic nitrogens is 1. The molecule has 0 aliphatic rings. The van der Waals surface area contributed by atoms with Gasteiger partial charge in [-0.15, -0.1) is 0 Å². The molecule has 1 N–H and O–H groups in total. The third-order valence-electron chi connectivity index (χ3n) is 3.85. The Labute approximate surface area is 128 Å². The fourth-order valence-electron chi connectivity index (χ4n) is 2.94. The van der Waals surface area contributed by atoms with Crippen molar-refractivity contribution in [2.24, 2.45) is 0 Å². The molecule has 1 radical (unpaired) electrons. The van der Waals surface area contributed by atoms with E-state index in [0.29, 0.717) is 13.4 Å². The molecule has 0 spiro atoms. The summed E-state index contributed by atoms with van der Waals surface area (Å²) in [5.74, 6) is 0.606. The van der Waals surface area contributed by atoms with E-state index in [9.17, 15) is 0 Å². The van der Waals surface area contributed by atoms with Crippen molar-refractivity contribution in [2.45, 2.75) is 0 Å². The van der Waals surface area contributed by atoms with Gasteiger partial charge in [-0.25, -0.2) is 0 Å². The Morgan fingerprint density at radius 3 is 2.32 bits per heavy atom. The van der Waals surface area contributed by atoms with Gasteiger partial charge in [0, 0.05) is 22.5 Å². The molecule has 0 atom stereocenters. The molecule has 0 saturated carbocycles. The van der Waals surface area contributed by atoms with Crippen LogP contribution in [0.4, 0.5) is 0 Å². The topological polar surface area (TPSA) is 34.4 Å². The fourth-order valence-corrected chi connectivity index (χ4v) is 2.94. The first-order chi connectivity index (χ1) is 10.9. The molecule has 0 unspecified atom stereocenters. The Morgan fingerprint density at radius 2 is 1.50 bits per heavy atom. The largest absolute Gasteiger partial charge is 0.569 e. The van der Waals surface area contributed by atoms with Crippen molar-refractivity contribution in [3.8, 4) is 11.4 Å². The van der Waals surface area contributed by atoms with E-state index in [1.807, 2.05) is 48.5 Å². The van der Waals surface area contributed by atoms with Crippen LogP contribution in [0.2, 0.25) is 0 Å². The Hall–Kier alpha value is -2.72. The maximum atomic E-state index is 8.86. The molecule has 1 heterocycles. The number of hydrogen-bond donors (Lipinski definition) is 1.